The fraction of sp³-hybridized carbons (Fsp3) is 0.522. The van der Waals surface area contributed by atoms with Gasteiger partial charge in [-0.1, -0.05) is 55.3 Å². The summed E-state index contributed by atoms with van der Waals surface area (Å²) in [5.41, 5.74) is 1.23. The monoisotopic (exact) mass is 435 g/mol. The predicted molar refractivity (Wildman–Crippen MR) is 122 cm³/mol. The lowest BCUT2D eigenvalue weighted by molar-refractivity contribution is 0.394. The van der Waals surface area contributed by atoms with Crippen LogP contribution in [-0.2, 0) is 16.3 Å². The van der Waals surface area contributed by atoms with Crippen LogP contribution in [0.1, 0.15) is 58.4 Å². The summed E-state index contributed by atoms with van der Waals surface area (Å²) >= 11 is 1.66. The van der Waals surface area contributed by atoms with Gasteiger partial charge in [-0.3, -0.25) is 0 Å². The molecule has 1 heterocycles. The molecule has 4 nitrogen and oxygen atoms in total. The summed E-state index contributed by atoms with van der Waals surface area (Å²) in [4.78, 5) is 5.80. The Labute approximate surface area is 180 Å². The van der Waals surface area contributed by atoms with E-state index in [9.17, 15) is 8.42 Å². The van der Waals surface area contributed by atoms with E-state index >= 15 is 0 Å². The maximum Gasteiger partial charge on any atom is 0.214 e. The molecule has 0 amide bonds. The Morgan fingerprint density at radius 2 is 1.59 bits per heavy atom. The normalized spacial score (nSPS) is 12.1. The lowest BCUT2D eigenvalue weighted by atomic mass is 10.1. The van der Waals surface area contributed by atoms with Crippen molar-refractivity contribution in [3.05, 3.63) is 48.0 Å². The molecule has 0 atom stereocenters. The highest BCUT2D eigenvalue weighted by atomic mass is 32.2. The van der Waals surface area contributed by atoms with Gasteiger partial charge in [-0.15, -0.1) is 0 Å². The molecule has 1 aromatic heterocycles. The second-order valence-corrected chi connectivity index (χ2v) is 12.1. The first-order valence-corrected chi connectivity index (χ1v) is 12.7. The number of aromatic nitrogens is 1. The van der Waals surface area contributed by atoms with Crippen LogP contribution in [-0.4, -0.2) is 31.0 Å². The Balaban J connectivity index is 1.81. The van der Waals surface area contributed by atoms with Crippen LogP contribution in [0, 0.1) is 0 Å². The van der Waals surface area contributed by atoms with Crippen LogP contribution in [0.25, 0.3) is 0 Å². The largest absolute Gasteiger partial charge is 0.481 e. The summed E-state index contributed by atoms with van der Waals surface area (Å²) in [6.07, 6.45) is 5.90. The molecular weight excluding hydrogens is 402 g/mol. The van der Waals surface area contributed by atoms with Crippen LogP contribution in [0.3, 0.4) is 0 Å². The van der Waals surface area contributed by atoms with Crippen molar-refractivity contribution in [3.8, 4) is 5.88 Å². The quantitative estimate of drug-likeness (QED) is 0.408. The molecule has 0 fully saturated rings. The molecule has 0 saturated carbocycles. The number of aryl methyl sites for hydroxylation is 1. The number of methoxy groups -OCH3 is 1. The van der Waals surface area contributed by atoms with E-state index in [1.807, 2.05) is 24.3 Å². The number of nitrogens with zero attached hydrogens (tertiary/aromatic N) is 1. The molecule has 0 aliphatic carbocycles. The number of hydrogen-bond donors (Lipinski definition) is 0. The molecule has 0 spiro atoms. The van der Waals surface area contributed by atoms with Crippen LogP contribution in [0.4, 0.5) is 0 Å². The van der Waals surface area contributed by atoms with E-state index in [1.165, 1.54) is 5.56 Å². The van der Waals surface area contributed by atoms with Crippen molar-refractivity contribution >= 4 is 21.6 Å². The molecule has 0 aliphatic heterocycles. The third kappa shape index (κ3) is 7.67. The van der Waals surface area contributed by atoms with Gasteiger partial charge in [-0.2, -0.15) is 0 Å². The highest BCUT2D eigenvalue weighted by Gasteiger charge is 2.27. The minimum Gasteiger partial charge on any atom is -0.481 e. The van der Waals surface area contributed by atoms with Crippen molar-refractivity contribution in [2.24, 2.45) is 0 Å². The Bertz CT molecular complexity index is 859. The van der Waals surface area contributed by atoms with Gasteiger partial charge in [-0.05, 0) is 57.7 Å². The van der Waals surface area contributed by atoms with Crippen molar-refractivity contribution in [3.63, 3.8) is 0 Å². The number of benzene rings is 1. The lowest BCUT2D eigenvalue weighted by Crippen LogP contribution is -2.30. The lowest BCUT2D eigenvalue weighted by Gasteiger charge is -2.18. The smallest absolute Gasteiger partial charge is 0.214 e. The number of sulfone groups is 1. The van der Waals surface area contributed by atoms with E-state index in [-0.39, 0.29) is 5.75 Å². The molecule has 0 aliphatic rings. The second-order valence-electron chi connectivity index (χ2n) is 8.18. The van der Waals surface area contributed by atoms with Crippen molar-refractivity contribution in [1.29, 1.82) is 0 Å². The van der Waals surface area contributed by atoms with Gasteiger partial charge in [0.15, 0.2) is 9.84 Å². The zero-order valence-electron chi connectivity index (χ0n) is 18.0. The second kappa shape index (κ2) is 11.0. The first kappa shape index (κ1) is 23.7. The molecule has 1 aromatic carbocycles. The zero-order valence-corrected chi connectivity index (χ0v) is 19.6. The highest BCUT2D eigenvalue weighted by Crippen LogP contribution is 2.31. The summed E-state index contributed by atoms with van der Waals surface area (Å²) in [7, 11) is -1.36. The molecule has 29 heavy (non-hydrogen) atoms. The van der Waals surface area contributed by atoms with Gasteiger partial charge in [0.05, 0.1) is 17.6 Å². The Morgan fingerprint density at radius 1 is 0.931 bits per heavy atom. The molecule has 0 saturated heterocycles. The van der Waals surface area contributed by atoms with Crippen LogP contribution in [0.5, 0.6) is 5.88 Å². The number of pyridine rings is 1. The van der Waals surface area contributed by atoms with Crippen molar-refractivity contribution in [2.75, 3.05) is 12.9 Å². The van der Waals surface area contributed by atoms with Crippen LogP contribution in [0.15, 0.2) is 52.4 Å². The Kier molecular flexibility index (Phi) is 9.03. The molecule has 160 valence electrons. The van der Waals surface area contributed by atoms with Crippen molar-refractivity contribution < 1.29 is 13.2 Å². The maximum atomic E-state index is 12.1. The van der Waals surface area contributed by atoms with E-state index < -0.39 is 14.6 Å². The molecule has 0 N–H and O–H groups in total. The number of hydrogen-bond acceptors (Lipinski definition) is 5. The highest BCUT2D eigenvalue weighted by molar-refractivity contribution is 7.99. The topological polar surface area (TPSA) is 56.3 Å². The first-order valence-electron chi connectivity index (χ1n) is 10.2. The summed E-state index contributed by atoms with van der Waals surface area (Å²) in [5.74, 6) is 0.920. The van der Waals surface area contributed by atoms with Gasteiger partial charge in [-0.25, -0.2) is 13.4 Å². The molecular formula is C23H33NO3S2. The number of rotatable bonds is 11. The van der Waals surface area contributed by atoms with Crippen molar-refractivity contribution in [2.45, 2.75) is 74.0 Å². The average molecular weight is 436 g/mol. The van der Waals surface area contributed by atoms with E-state index in [0.717, 1.165) is 48.4 Å². The molecule has 0 radical (unpaired) electrons. The van der Waals surface area contributed by atoms with Gasteiger partial charge >= 0.3 is 0 Å². The molecule has 2 rings (SSSR count). The summed E-state index contributed by atoms with van der Waals surface area (Å²) in [6.45, 7) is 5.32. The SMILES string of the molecule is COc1ccc(CCCCCCCS(=O)(=O)C(C)(C)C)c(Sc2ccccc2)n1. The maximum absolute atomic E-state index is 12.1. The third-order valence-electron chi connectivity index (χ3n) is 4.87. The number of ether oxygens (including phenoxy) is 1. The first-order chi connectivity index (χ1) is 13.7. The van der Waals surface area contributed by atoms with Gasteiger partial charge in [0.2, 0.25) is 5.88 Å². The van der Waals surface area contributed by atoms with E-state index in [0.29, 0.717) is 5.88 Å². The Hall–Kier alpha value is -1.53. The molecule has 2 aromatic rings. The van der Waals surface area contributed by atoms with Crippen LogP contribution in [0.2, 0.25) is 0 Å². The molecule has 0 unspecified atom stereocenters. The van der Waals surface area contributed by atoms with E-state index in [4.69, 9.17) is 4.74 Å². The van der Waals surface area contributed by atoms with E-state index in [2.05, 4.69) is 23.2 Å². The minimum atomic E-state index is -3.00. The Morgan fingerprint density at radius 3 is 2.24 bits per heavy atom. The molecule has 6 heteroatoms. The van der Waals surface area contributed by atoms with Gasteiger partial charge in [0.1, 0.15) is 5.03 Å². The summed E-state index contributed by atoms with van der Waals surface area (Å²) in [6, 6.07) is 14.3. The zero-order chi connectivity index (χ0) is 21.3. The molecule has 0 bridgehead atoms. The summed E-state index contributed by atoms with van der Waals surface area (Å²) < 4.78 is 28.9. The van der Waals surface area contributed by atoms with Crippen LogP contribution >= 0.6 is 11.8 Å². The van der Waals surface area contributed by atoms with E-state index in [1.54, 1.807) is 39.6 Å². The van der Waals surface area contributed by atoms with Crippen molar-refractivity contribution in [1.82, 2.24) is 4.98 Å². The standard InChI is InChI=1S/C23H33NO3S2/c1-23(2,3)29(25,26)18-12-7-5-6-9-13-19-16-17-21(27-4)24-22(19)28-20-14-10-8-11-15-20/h8,10-11,14-17H,5-7,9,12-13,18H2,1-4H3. The fourth-order valence-corrected chi connectivity index (χ4v) is 5.04. The predicted octanol–water partition coefficient (Wildman–Crippen LogP) is 5.95. The van der Waals surface area contributed by atoms with Gasteiger partial charge in [0.25, 0.3) is 0 Å². The minimum absolute atomic E-state index is 0.288. The third-order valence-corrected chi connectivity index (χ3v) is 8.62. The summed E-state index contributed by atoms with van der Waals surface area (Å²) in [5, 5.41) is 0.992. The van der Waals surface area contributed by atoms with Crippen LogP contribution < -0.4 is 4.74 Å². The average Bonchev–Trinajstić information content (AvgIpc) is 2.68. The fourth-order valence-electron chi connectivity index (χ4n) is 2.89. The number of unbranched alkanes of at least 4 members (excludes halogenated alkanes) is 4. The van der Waals surface area contributed by atoms with Gasteiger partial charge < -0.3 is 4.74 Å². The van der Waals surface area contributed by atoms with Gasteiger partial charge in [0, 0.05) is 11.0 Å².